The van der Waals surface area contributed by atoms with E-state index in [1.165, 1.54) is 20.2 Å². The Balaban J connectivity index is -0.000000389. The Morgan fingerprint density at radius 1 is 0.667 bits per heavy atom. The largest absolute Gasteiger partial charge is 0.355 e. The standard InChI is InChI=1S/C8H7Cl2NO.C8H7F2NO.3C2H6/c2*1-11-8(12)7-5(9)3-2-4-6(7)10;3*1-2/h2*2-4H,1H3,(H,11,12);3*1-2H3. The molecule has 0 aromatic heterocycles. The van der Waals surface area contributed by atoms with E-state index in [2.05, 4.69) is 10.6 Å². The monoisotopic (exact) mass is 464 g/mol. The smallest absolute Gasteiger partial charge is 0.256 e. The van der Waals surface area contributed by atoms with Crippen LogP contribution in [0.4, 0.5) is 8.78 Å². The molecule has 0 heterocycles. The molecule has 2 rings (SSSR count). The third-order valence-corrected chi connectivity index (χ3v) is 3.46. The van der Waals surface area contributed by atoms with Crippen LogP contribution in [0.3, 0.4) is 0 Å². The maximum absolute atomic E-state index is 12.8. The molecule has 8 heteroatoms. The first kappa shape index (κ1) is 32.5. The molecule has 4 nitrogen and oxygen atoms in total. The first-order valence-corrected chi connectivity index (χ1v) is 10.4. The summed E-state index contributed by atoms with van der Waals surface area (Å²) in [5.41, 5.74) is -0.219. The predicted octanol–water partition coefficient (Wildman–Crippen LogP) is 6.76. The minimum Gasteiger partial charge on any atom is -0.355 e. The summed E-state index contributed by atoms with van der Waals surface area (Å²) in [6.45, 7) is 12.0. The molecule has 2 aromatic carbocycles. The van der Waals surface area contributed by atoms with Gasteiger partial charge in [-0.25, -0.2) is 8.78 Å². The van der Waals surface area contributed by atoms with Crippen molar-refractivity contribution in [1.29, 1.82) is 0 Å². The summed E-state index contributed by atoms with van der Waals surface area (Å²) in [5.74, 6) is -2.74. The van der Waals surface area contributed by atoms with Gasteiger partial charge in [0.15, 0.2) is 0 Å². The zero-order chi connectivity index (χ0) is 24.3. The number of carbonyl (C=O) groups is 2. The Morgan fingerprint density at radius 2 is 0.967 bits per heavy atom. The highest BCUT2D eigenvalue weighted by atomic mass is 35.5. The van der Waals surface area contributed by atoms with Gasteiger partial charge in [-0.05, 0) is 24.3 Å². The van der Waals surface area contributed by atoms with Crippen LogP contribution in [-0.2, 0) is 0 Å². The SMILES string of the molecule is CC.CC.CC.CNC(=O)c1c(Cl)cccc1Cl.CNC(=O)c1c(F)cccc1F. The molecule has 0 fully saturated rings. The first-order chi connectivity index (χ1) is 14.3. The zero-order valence-electron chi connectivity index (χ0n) is 18.8. The van der Waals surface area contributed by atoms with Crippen molar-refractivity contribution in [3.05, 3.63) is 69.2 Å². The van der Waals surface area contributed by atoms with Crippen molar-refractivity contribution >= 4 is 35.0 Å². The molecule has 0 radical (unpaired) electrons. The number of benzene rings is 2. The van der Waals surface area contributed by atoms with Gasteiger partial charge < -0.3 is 10.6 Å². The molecule has 0 aliphatic carbocycles. The summed E-state index contributed by atoms with van der Waals surface area (Å²) < 4.78 is 25.6. The second kappa shape index (κ2) is 20.1. The molecule has 0 spiro atoms. The highest BCUT2D eigenvalue weighted by molar-refractivity contribution is 6.39. The average Bonchev–Trinajstić information content (AvgIpc) is 2.77. The summed E-state index contributed by atoms with van der Waals surface area (Å²) in [4.78, 5) is 22.0. The molecule has 170 valence electrons. The van der Waals surface area contributed by atoms with Crippen LogP contribution in [0.1, 0.15) is 62.3 Å². The molecular formula is C22H32Cl2F2N2O2. The van der Waals surface area contributed by atoms with E-state index < -0.39 is 23.1 Å². The summed E-state index contributed by atoms with van der Waals surface area (Å²) in [6, 6.07) is 8.21. The van der Waals surface area contributed by atoms with E-state index in [1.807, 2.05) is 41.5 Å². The Morgan fingerprint density at radius 3 is 1.30 bits per heavy atom. The van der Waals surface area contributed by atoms with E-state index in [1.54, 1.807) is 18.2 Å². The van der Waals surface area contributed by atoms with E-state index in [9.17, 15) is 18.4 Å². The van der Waals surface area contributed by atoms with Gasteiger partial charge in [-0.15, -0.1) is 0 Å². The molecule has 0 atom stereocenters. The van der Waals surface area contributed by atoms with Crippen molar-refractivity contribution in [2.24, 2.45) is 0 Å². The van der Waals surface area contributed by atoms with Crippen LogP contribution >= 0.6 is 23.2 Å². The molecule has 30 heavy (non-hydrogen) atoms. The van der Waals surface area contributed by atoms with Crippen molar-refractivity contribution < 1.29 is 18.4 Å². The van der Waals surface area contributed by atoms with Crippen LogP contribution in [-0.4, -0.2) is 25.9 Å². The lowest BCUT2D eigenvalue weighted by Crippen LogP contribution is -2.20. The average molecular weight is 465 g/mol. The van der Waals surface area contributed by atoms with Gasteiger partial charge in [0.2, 0.25) is 0 Å². The summed E-state index contributed by atoms with van der Waals surface area (Å²) in [6.07, 6.45) is 0. The molecule has 0 saturated carbocycles. The van der Waals surface area contributed by atoms with E-state index in [4.69, 9.17) is 23.2 Å². The van der Waals surface area contributed by atoms with Gasteiger partial charge in [0.1, 0.15) is 17.2 Å². The molecule has 0 unspecified atom stereocenters. The number of amides is 2. The van der Waals surface area contributed by atoms with Gasteiger partial charge in [-0.1, -0.05) is 76.9 Å². The molecule has 2 amide bonds. The van der Waals surface area contributed by atoms with Crippen LogP contribution in [0.15, 0.2) is 36.4 Å². The van der Waals surface area contributed by atoms with Crippen molar-refractivity contribution in [2.75, 3.05) is 14.1 Å². The Hall–Kier alpha value is -2.18. The van der Waals surface area contributed by atoms with Crippen LogP contribution in [0.5, 0.6) is 0 Å². The van der Waals surface area contributed by atoms with Crippen molar-refractivity contribution in [3.8, 4) is 0 Å². The van der Waals surface area contributed by atoms with Gasteiger partial charge in [0.25, 0.3) is 11.8 Å². The van der Waals surface area contributed by atoms with Gasteiger partial charge in [-0.3, -0.25) is 9.59 Å². The van der Waals surface area contributed by atoms with E-state index in [0.717, 1.165) is 12.1 Å². The van der Waals surface area contributed by atoms with Crippen LogP contribution in [0, 0.1) is 11.6 Å². The second-order valence-electron chi connectivity index (χ2n) is 4.35. The minimum atomic E-state index is -0.852. The number of carbonyl (C=O) groups excluding carboxylic acids is 2. The van der Waals surface area contributed by atoms with Gasteiger partial charge >= 0.3 is 0 Å². The van der Waals surface area contributed by atoms with Gasteiger partial charge in [0.05, 0.1) is 15.6 Å². The Bertz CT molecular complexity index is 654. The summed E-state index contributed by atoms with van der Waals surface area (Å²) in [7, 11) is 2.84. The van der Waals surface area contributed by atoms with Crippen LogP contribution < -0.4 is 10.6 Å². The van der Waals surface area contributed by atoms with Crippen LogP contribution in [0.2, 0.25) is 10.0 Å². The number of rotatable bonds is 2. The van der Waals surface area contributed by atoms with Gasteiger partial charge in [-0.2, -0.15) is 0 Å². The minimum absolute atomic E-state index is 0.273. The third kappa shape index (κ3) is 11.1. The first-order valence-electron chi connectivity index (χ1n) is 9.65. The lowest BCUT2D eigenvalue weighted by Gasteiger charge is -2.03. The Labute approximate surface area is 189 Å². The van der Waals surface area contributed by atoms with Crippen molar-refractivity contribution in [3.63, 3.8) is 0 Å². The highest BCUT2D eigenvalue weighted by Gasteiger charge is 2.14. The Kier molecular flexibility index (Phi) is 21.8. The lowest BCUT2D eigenvalue weighted by atomic mass is 10.2. The van der Waals surface area contributed by atoms with Gasteiger partial charge in [0, 0.05) is 14.1 Å². The number of halogens is 4. The molecular weight excluding hydrogens is 433 g/mol. The fourth-order valence-electron chi connectivity index (χ4n) is 1.68. The van der Waals surface area contributed by atoms with Crippen LogP contribution in [0.25, 0.3) is 0 Å². The van der Waals surface area contributed by atoms with E-state index in [0.29, 0.717) is 15.6 Å². The maximum atomic E-state index is 12.8. The molecule has 2 aromatic rings. The predicted molar refractivity (Wildman–Crippen MR) is 124 cm³/mol. The summed E-state index contributed by atoms with van der Waals surface area (Å²) >= 11 is 11.5. The fraction of sp³-hybridized carbons (Fsp3) is 0.364. The quantitative estimate of drug-likeness (QED) is 0.515. The highest BCUT2D eigenvalue weighted by Crippen LogP contribution is 2.23. The normalized spacial score (nSPS) is 8.27. The summed E-state index contributed by atoms with van der Waals surface area (Å²) in [5, 5.41) is 5.32. The lowest BCUT2D eigenvalue weighted by molar-refractivity contribution is 0.0949. The molecule has 2 N–H and O–H groups in total. The number of hydrogen-bond donors (Lipinski definition) is 2. The van der Waals surface area contributed by atoms with E-state index in [-0.39, 0.29) is 5.91 Å². The van der Waals surface area contributed by atoms with Crippen molar-refractivity contribution in [1.82, 2.24) is 10.6 Å². The fourth-order valence-corrected chi connectivity index (χ4v) is 2.25. The number of nitrogens with one attached hydrogen (secondary N) is 2. The topological polar surface area (TPSA) is 58.2 Å². The molecule has 0 saturated heterocycles. The molecule has 0 aliphatic heterocycles. The van der Waals surface area contributed by atoms with E-state index >= 15 is 0 Å². The van der Waals surface area contributed by atoms with Crippen molar-refractivity contribution in [2.45, 2.75) is 41.5 Å². The zero-order valence-corrected chi connectivity index (χ0v) is 20.3. The maximum Gasteiger partial charge on any atom is 0.256 e. The molecule has 0 aliphatic rings. The number of hydrogen-bond acceptors (Lipinski definition) is 2. The third-order valence-electron chi connectivity index (χ3n) is 2.83. The molecule has 0 bridgehead atoms. The second-order valence-corrected chi connectivity index (χ2v) is 5.17.